The molecule has 1 aliphatic carbocycles. The highest BCUT2D eigenvalue weighted by Gasteiger charge is 2.28. The molecule has 1 aliphatic heterocycles. The number of nitrogens with zero attached hydrogens (tertiary/aromatic N) is 3. The van der Waals surface area contributed by atoms with Crippen LogP contribution in [0.15, 0.2) is 12.3 Å². The minimum Gasteiger partial charge on any atom is -0.480 e. The zero-order chi connectivity index (χ0) is 15.4. The molecular weight excluding hydrogens is 278 g/mol. The summed E-state index contributed by atoms with van der Waals surface area (Å²) < 4.78 is 1.54. The van der Waals surface area contributed by atoms with Gasteiger partial charge in [0.05, 0.1) is 5.69 Å². The lowest BCUT2D eigenvalue weighted by atomic mass is 9.92. The number of aromatic nitrogens is 2. The van der Waals surface area contributed by atoms with Gasteiger partial charge in [0.2, 0.25) is 0 Å². The first-order valence-corrected chi connectivity index (χ1v) is 8.71. The van der Waals surface area contributed by atoms with Crippen molar-refractivity contribution in [1.29, 1.82) is 0 Å². The standard InChI is InChI=1S/C17H27N3O2/c21-17(22)13-20-11-9-16(18-20)14-6-5-10-19(12-14)15-7-3-1-2-4-8-15/h9,11,14-15H,1-8,10,12-13H2,(H,21,22)/t14-/m1/s1. The molecular formula is C17H27N3O2. The molecule has 1 aromatic rings. The summed E-state index contributed by atoms with van der Waals surface area (Å²) in [6.45, 7) is 2.27. The van der Waals surface area contributed by atoms with Crippen molar-refractivity contribution in [2.45, 2.75) is 69.9 Å². The van der Waals surface area contributed by atoms with Gasteiger partial charge in [-0.3, -0.25) is 14.4 Å². The molecule has 22 heavy (non-hydrogen) atoms. The molecule has 5 heteroatoms. The molecule has 1 saturated heterocycles. The summed E-state index contributed by atoms with van der Waals surface area (Å²) in [5.41, 5.74) is 1.07. The van der Waals surface area contributed by atoms with Crippen molar-refractivity contribution in [1.82, 2.24) is 14.7 Å². The van der Waals surface area contributed by atoms with Crippen LogP contribution in [0, 0.1) is 0 Å². The fourth-order valence-electron chi connectivity index (χ4n) is 4.02. The van der Waals surface area contributed by atoms with E-state index in [9.17, 15) is 4.79 Å². The highest BCUT2D eigenvalue weighted by atomic mass is 16.4. The molecule has 0 bridgehead atoms. The third kappa shape index (κ3) is 3.88. The van der Waals surface area contributed by atoms with Gasteiger partial charge < -0.3 is 5.11 Å². The zero-order valence-electron chi connectivity index (χ0n) is 13.3. The van der Waals surface area contributed by atoms with Crippen LogP contribution in [0.4, 0.5) is 0 Å². The number of hydrogen-bond donors (Lipinski definition) is 1. The van der Waals surface area contributed by atoms with Gasteiger partial charge in [0.25, 0.3) is 0 Å². The van der Waals surface area contributed by atoms with Crippen molar-refractivity contribution < 1.29 is 9.90 Å². The van der Waals surface area contributed by atoms with Crippen LogP contribution in [0.2, 0.25) is 0 Å². The second-order valence-corrected chi connectivity index (χ2v) is 6.81. The van der Waals surface area contributed by atoms with E-state index in [1.165, 1.54) is 57.9 Å². The van der Waals surface area contributed by atoms with Crippen LogP contribution in [0.5, 0.6) is 0 Å². The van der Waals surface area contributed by atoms with Gasteiger partial charge in [0, 0.05) is 24.7 Å². The summed E-state index contributed by atoms with van der Waals surface area (Å²) in [6, 6.07) is 2.76. The molecule has 0 unspecified atom stereocenters. The van der Waals surface area contributed by atoms with Crippen molar-refractivity contribution in [3.05, 3.63) is 18.0 Å². The Morgan fingerprint density at radius 3 is 2.68 bits per heavy atom. The molecule has 2 aliphatic rings. The molecule has 5 nitrogen and oxygen atoms in total. The van der Waals surface area contributed by atoms with E-state index >= 15 is 0 Å². The van der Waals surface area contributed by atoms with Crippen molar-refractivity contribution in [2.24, 2.45) is 0 Å². The van der Waals surface area contributed by atoms with E-state index in [0.717, 1.165) is 18.3 Å². The SMILES string of the molecule is O=C(O)Cn1ccc([C@@H]2CCCN(C3CCCCCC3)C2)n1. The minimum atomic E-state index is -0.835. The Labute approximate surface area is 132 Å². The van der Waals surface area contributed by atoms with Gasteiger partial charge in [0.1, 0.15) is 6.54 Å². The largest absolute Gasteiger partial charge is 0.480 e. The van der Waals surface area contributed by atoms with Gasteiger partial charge in [-0.2, -0.15) is 5.10 Å². The third-order valence-electron chi connectivity index (χ3n) is 5.17. The topological polar surface area (TPSA) is 58.4 Å². The van der Waals surface area contributed by atoms with Crippen LogP contribution in [-0.4, -0.2) is 44.9 Å². The van der Waals surface area contributed by atoms with Gasteiger partial charge >= 0.3 is 5.97 Å². The lowest BCUT2D eigenvalue weighted by Gasteiger charge is -2.37. The highest BCUT2D eigenvalue weighted by Crippen LogP contribution is 2.30. The zero-order valence-corrected chi connectivity index (χ0v) is 13.3. The van der Waals surface area contributed by atoms with Crippen LogP contribution < -0.4 is 0 Å². The summed E-state index contributed by atoms with van der Waals surface area (Å²) >= 11 is 0. The first-order chi connectivity index (χ1) is 10.7. The number of carboxylic acids is 1. The Hall–Kier alpha value is -1.36. The van der Waals surface area contributed by atoms with E-state index in [0.29, 0.717) is 5.92 Å². The van der Waals surface area contributed by atoms with Gasteiger partial charge in [-0.25, -0.2) is 0 Å². The fraction of sp³-hybridized carbons (Fsp3) is 0.765. The molecule has 0 spiro atoms. The average molecular weight is 305 g/mol. The number of aliphatic carboxylic acids is 1. The minimum absolute atomic E-state index is 0.0426. The summed E-state index contributed by atoms with van der Waals surface area (Å²) in [5, 5.41) is 13.3. The first kappa shape index (κ1) is 15.5. The Morgan fingerprint density at radius 2 is 1.95 bits per heavy atom. The molecule has 1 aromatic heterocycles. The second-order valence-electron chi connectivity index (χ2n) is 6.81. The maximum absolute atomic E-state index is 10.8. The average Bonchev–Trinajstić information content (AvgIpc) is 2.80. The molecule has 1 atom stereocenters. The third-order valence-corrected chi connectivity index (χ3v) is 5.17. The maximum atomic E-state index is 10.8. The summed E-state index contributed by atoms with van der Waals surface area (Å²) in [5.74, 6) is -0.370. The first-order valence-electron chi connectivity index (χ1n) is 8.71. The van der Waals surface area contributed by atoms with Crippen LogP contribution in [0.3, 0.4) is 0 Å². The molecule has 0 aromatic carbocycles. The summed E-state index contributed by atoms with van der Waals surface area (Å²) in [7, 11) is 0. The number of likely N-dealkylation sites (tertiary alicyclic amines) is 1. The van der Waals surface area contributed by atoms with Gasteiger partial charge in [-0.15, -0.1) is 0 Å². The molecule has 3 rings (SSSR count). The van der Waals surface area contributed by atoms with E-state index in [-0.39, 0.29) is 6.54 Å². The summed E-state index contributed by atoms with van der Waals surface area (Å²) in [4.78, 5) is 13.5. The van der Waals surface area contributed by atoms with Gasteiger partial charge in [-0.1, -0.05) is 25.7 Å². The van der Waals surface area contributed by atoms with Crippen molar-refractivity contribution in [3.8, 4) is 0 Å². The number of carbonyl (C=O) groups is 1. The van der Waals surface area contributed by atoms with E-state index in [1.807, 2.05) is 6.07 Å². The molecule has 0 radical (unpaired) electrons. The van der Waals surface area contributed by atoms with E-state index in [1.54, 1.807) is 10.9 Å². The number of piperidine rings is 1. The smallest absolute Gasteiger partial charge is 0.325 e. The molecule has 122 valence electrons. The highest BCUT2D eigenvalue weighted by molar-refractivity contribution is 5.66. The Morgan fingerprint density at radius 1 is 1.18 bits per heavy atom. The molecule has 2 heterocycles. The molecule has 1 saturated carbocycles. The Kier molecular flexibility index (Phi) is 5.13. The van der Waals surface area contributed by atoms with Crippen molar-refractivity contribution in [2.75, 3.05) is 13.1 Å². The van der Waals surface area contributed by atoms with Crippen LogP contribution in [-0.2, 0) is 11.3 Å². The van der Waals surface area contributed by atoms with Crippen LogP contribution >= 0.6 is 0 Å². The van der Waals surface area contributed by atoms with Crippen molar-refractivity contribution >= 4 is 5.97 Å². The van der Waals surface area contributed by atoms with Gasteiger partial charge in [0.15, 0.2) is 0 Å². The predicted molar refractivity (Wildman–Crippen MR) is 84.9 cm³/mol. The van der Waals surface area contributed by atoms with Gasteiger partial charge in [-0.05, 0) is 38.3 Å². The predicted octanol–water partition coefficient (Wildman–Crippen LogP) is 2.87. The van der Waals surface area contributed by atoms with Crippen molar-refractivity contribution in [3.63, 3.8) is 0 Å². The summed E-state index contributed by atoms with van der Waals surface area (Å²) in [6.07, 6.45) is 12.4. The molecule has 1 N–H and O–H groups in total. The number of rotatable bonds is 4. The normalized spacial score (nSPS) is 25.0. The molecule has 2 fully saturated rings. The Bertz CT molecular complexity index is 492. The second kappa shape index (κ2) is 7.27. The van der Waals surface area contributed by atoms with E-state index < -0.39 is 5.97 Å². The quantitative estimate of drug-likeness (QED) is 0.869. The Balaban J connectivity index is 1.62. The monoisotopic (exact) mass is 305 g/mol. The number of carboxylic acid groups (broad SMARTS) is 1. The van der Waals surface area contributed by atoms with E-state index in [4.69, 9.17) is 5.11 Å². The van der Waals surface area contributed by atoms with Crippen LogP contribution in [0.1, 0.15) is 63.0 Å². The molecule has 0 amide bonds. The fourth-order valence-corrected chi connectivity index (χ4v) is 4.02. The maximum Gasteiger partial charge on any atom is 0.325 e. The van der Waals surface area contributed by atoms with Crippen LogP contribution in [0.25, 0.3) is 0 Å². The lowest BCUT2D eigenvalue weighted by Crippen LogP contribution is -2.41. The lowest BCUT2D eigenvalue weighted by molar-refractivity contribution is -0.137. The van der Waals surface area contributed by atoms with E-state index in [2.05, 4.69) is 10.00 Å². The number of hydrogen-bond acceptors (Lipinski definition) is 3.